The molecule has 2 nitrogen and oxygen atoms in total. The molecule has 0 bridgehead atoms. The van der Waals surface area contributed by atoms with Crippen LogP contribution in [0.15, 0.2) is 18.2 Å². The predicted molar refractivity (Wildman–Crippen MR) is 71.6 cm³/mol. The van der Waals surface area contributed by atoms with Crippen LogP contribution in [-0.4, -0.2) is 29.2 Å². The summed E-state index contributed by atoms with van der Waals surface area (Å²) in [6.07, 6.45) is 3.50. The van der Waals surface area contributed by atoms with Crippen LogP contribution in [0.2, 0.25) is 10.0 Å². The number of halogens is 2. The van der Waals surface area contributed by atoms with Crippen molar-refractivity contribution in [3.8, 4) is 0 Å². The summed E-state index contributed by atoms with van der Waals surface area (Å²) in [5.41, 5.74) is 1.15. The van der Waals surface area contributed by atoms with Gasteiger partial charge >= 0.3 is 0 Å². The molecule has 0 amide bonds. The quantitative estimate of drug-likeness (QED) is 0.913. The fourth-order valence-electron chi connectivity index (χ4n) is 2.35. The Hall–Kier alpha value is -0.280. The highest BCUT2D eigenvalue weighted by Crippen LogP contribution is 2.25. The van der Waals surface area contributed by atoms with Crippen molar-refractivity contribution >= 4 is 23.2 Å². The number of aliphatic hydroxyl groups excluding tert-OH is 1. The van der Waals surface area contributed by atoms with Crippen LogP contribution in [0.4, 0.5) is 0 Å². The molecule has 1 atom stereocenters. The van der Waals surface area contributed by atoms with Crippen LogP contribution in [0.1, 0.15) is 24.8 Å². The van der Waals surface area contributed by atoms with Gasteiger partial charge in [0, 0.05) is 12.6 Å². The third-order valence-corrected chi connectivity index (χ3v) is 4.07. The molecule has 0 spiro atoms. The van der Waals surface area contributed by atoms with Gasteiger partial charge in [0.15, 0.2) is 0 Å². The van der Waals surface area contributed by atoms with Crippen molar-refractivity contribution in [1.82, 2.24) is 4.90 Å². The van der Waals surface area contributed by atoms with Gasteiger partial charge in [0.25, 0.3) is 0 Å². The van der Waals surface area contributed by atoms with E-state index in [-0.39, 0.29) is 6.61 Å². The van der Waals surface area contributed by atoms with E-state index in [0.29, 0.717) is 16.1 Å². The van der Waals surface area contributed by atoms with Crippen LogP contribution < -0.4 is 0 Å². The minimum absolute atomic E-state index is 0.237. The van der Waals surface area contributed by atoms with Gasteiger partial charge in [-0.05, 0) is 37.1 Å². The van der Waals surface area contributed by atoms with Crippen molar-refractivity contribution in [2.75, 3.05) is 13.2 Å². The molecule has 17 heavy (non-hydrogen) atoms. The molecular weight excluding hydrogens is 257 g/mol. The zero-order chi connectivity index (χ0) is 12.3. The van der Waals surface area contributed by atoms with Gasteiger partial charge < -0.3 is 5.11 Å². The summed E-state index contributed by atoms with van der Waals surface area (Å²) >= 11 is 11.9. The first-order valence-corrected chi connectivity index (χ1v) is 6.75. The lowest BCUT2D eigenvalue weighted by Gasteiger charge is -2.34. The maximum absolute atomic E-state index is 9.35. The van der Waals surface area contributed by atoms with E-state index in [0.717, 1.165) is 25.1 Å². The van der Waals surface area contributed by atoms with E-state index in [1.807, 2.05) is 18.2 Å². The molecule has 1 aliphatic heterocycles. The fourth-order valence-corrected chi connectivity index (χ4v) is 2.67. The van der Waals surface area contributed by atoms with Gasteiger partial charge in [-0.15, -0.1) is 0 Å². The fraction of sp³-hybridized carbons (Fsp3) is 0.538. The smallest absolute Gasteiger partial charge is 0.0595 e. The molecule has 1 aliphatic rings. The lowest BCUT2D eigenvalue weighted by molar-refractivity contribution is 0.0841. The van der Waals surface area contributed by atoms with Gasteiger partial charge in [-0.3, -0.25) is 4.90 Å². The Labute approximate surface area is 112 Å². The average Bonchev–Trinajstić information content (AvgIpc) is 2.34. The summed E-state index contributed by atoms with van der Waals surface area (Å²) in [6, 6.07) is 6.03. The van der Waals surface area contributed by atoms with Crippen LogP contribution in [0, 0.1) is 0 Å². The van der Waals surface area contributed by atoms with Gasteiger partial charge in [0.1, 0.15) is 0 Å². The normalized spacial score (nSPS) is 21.7. The third-order valence-electron chi connectivity index (χ3n) is 3.33. The lowest BCUT2D eigenvalue weighted by Crippen LogP contribution is -2.41. The van der Waals surface area contributed by atoms with Crippen LogP contribution in [0.25, 0.3) is 0 Å². The monoisotopic (exact) mass is 273 g/mol. The minimum Gasteiger partial charge on any atom is -0.395 e. The second-order valence-corrected chi connectivity index (χ2v) is 5.37. The summed E-state index contributed by atoms with van der Waals surface area (Å²) in [5.74, 6) is 0. The SMILES string of the molecule is OCC1CCCCN1Cc1ccc(Cl)c(Cl)c1. The number of rotatable bonds is 3. The van der Waals surface area contributed by atoms with E-state index in [1.54, 1.807) is 0 Å². The Balaban J connectivity index is 2.05. The van der Waals surface area contributed by atoms with E-state index < -0.39 is 0 Å². The highest BCUT2D eigenvalue weighted by atomic mass is 35.5. The number of hydrogen-bond acceptors (Lipinski definition) is 2. The van der Waals surface area contributed by atoms with Crippen molar-refractivity contribution in [2.24, 2.45) is 0 Å². The zero-order valence-corrected chi connectivity index (χ0v) is 11.2. The summed E-state index contributed by atoms with van der Waals surface area (Å²) < 4.78 is 0. The van der Waals surface area contributed by atoms with Gasteiger partial charge in [0.05, 0.1) is 16.7 Å². The number of benzene rings is 1. The Morgan fingerprint density at radius 3 is 2.76 bits per heavy atom. The summed E-state index contributed by atoms with van der Waals surface area (Å²) in [4.78, 5) is 2.32. The van der Waals surface area contributed by atoms with E-state index in [2.05, 4.69) is 4.90 Å². The van der Waals surface area contributed by atoms with Crippen molar-refractivity contribution in [3.63, 3.8) is 0 Å². The predicted octanol–water partition coefficient (Wildman–Crippen LogP) is 3.34. The topological polar surface area (TPSA) is 23.5 Å². The molecule has 1 fully saturated rings. The molecule has 2 rings (SSSR count). The molecule has 1 saturated heterocycles. The first-order valence-electron chi connectivity index (χ1n) is 5.99. The number of likely N-dealkylation sites (tertiary alicyclic amines) is 1. The Morgan fingerprint density at radius 1 is 1.24 bits per heavy atom. The minimum atomic E-state index is 0.237. The van der Waals surface area contributed by atoms with Gasteiger partial charge in [-0.25, -0.2) is 0 Å². The van der Waals surface area contributed by atoms with Crippen molar-refractivity contribution in [2.45, 2.75) is 31.8 Å². The molecule has 1 unspecified atom stereocenters. The molecule has 0 aliphatic carbocycles. The summed E-state index contributed by atoms with van der Waals surface area (Å²) in [6.45, 7) is 2.12. The number of piperidine rings is 1. The van der Waals surface area contributed by atoms with Crippen LogP contribution in [0.3, 0.4) is 0 Å². The molecule has 1 aromatic carbocycles. The maximum Gasteiger partial charge on any atom is 0.0595 e. The third kappa shape index (κ3) is 3.35. The van der Waals surface area contributed by atoms with Gasteiger partial charge in [0.2, 0.25) is 0 Å². The molecule has 0 saturated carbocycles. The largest absolute Gasteiger partial charge is 0.395 e. The second kappa shape index (κ2) is 6.05. The van der Waals surface area contributed by atoms with E-state index in [9.17, 15) is 5.11 Å². The van der Waals surface area contributed by atoms with Crippen LogP contribution >= 0.6 is 23.2 Å². The molecule has 4 heteroatoms. The maximum atomic E-state index is 9.35. The molecule has 1 N–H and O–H groups in total. The van der Waals surface area contributed by atoms with Crippen molar-refractivity contribution in [3.05, 3.63) is 33.8 Å². The molecule has 1 aromatic rings. The molecule has 0 radical (unpaired) electrons. The summed E-state index contributed by atoms with van der Waals surface area (Å²) in [7, 11) is 0. The van der Waals surface area contributed by atoms with Crippen LogP contribution in [-0.2, 0) is 6.54 Å². The first-order chi connectivity index (χ1) is 8.20. The second-order valence-electron chi connectivity index (χ2n) is 4.55. The van der Waals surface area contributed by atoms with Gasteiger partial charge in [-0.2, -0.15) is 0 Å². The molecule has 0 aromatic heterocycles. The first kappa shape index (κ1) is 13.2. The summed E-state index contributed by atoms with van der Waals surface area (Å²) in [5, 5.41) is 10.5. The van der Waals surface area contributed by atoms with Crippen LogP contribution in [0.5, 0.6) is 0 Å². The van der Waals surface area contributed by atoms with Crippen molar-refractivity contribution in [1.29, 1.82) is 0 Å². The Bertz CT molecular complexity index is 384. The van der Waals surface area contributed by atoms with E-state index in [4.69, 9.17) is 23.2 Å². The molecule has 94 valence electrons. The van der Waals surface area contributed by atoms with Crippen molar-refractivity contribution < 1.29 is 5.11 Å². The zero-order valence-electron chi connectivity index (χ0n) is 9.70. The Morgan fingerprint density at radius 2 is 2.06 bits per heavy atom. The Kier molecular flexibility index (Phi) is 4.69. The highest BCUT2D eigenvalue weighted by Gasteiger charge is 2.21. The van der Waals surface area contributed by atoms with Gasteiger partial charge in [-0.1, -0.05) is 35.7 Å². The lowest BCUT2D eigenvalue weighted by atomic mass is 10.0. The number of nitrogens with zero attached hydrogens (tertiary/aromatic N) is 1. The number of hydrogen-bond donors (Lipinski definition) is 1. The highest BCUT2D eigenvalue weighted by molar-refractivity contribution is 6.42. The number of aliphatic hydroxyl groups is 1. The van der Waals surface area contributed by atoms with E-state index in [1.165, 1.54) is 12.8 Å². The molecular formula is C13H17Cl2NO. The van der Waals surface area contributed by atoms with E-state index >= 15 is 0 Å². The standard InChI is InChI=1S/C13H17Cl2NO/c14-12-5-4-10(7-13(12)15)8-16-6-2-1-3-11(16)9-17/h4-5,7,11,17H,1-3,6,8-9H2. The average molecular weight is 274 g/mol. The molecule has 1 heterocycles.